The van der Waals surface area contributed by atoms with Gasteiger partial charge in [-0.1, -0.05) is 0 Å². The molecule has 0 saturated carbocycles. The third kappa shape index (κ3) is 3.89. The first-order chi connectivity index (χ1) is 13.9. The lowest BCUT2D eigenvalue weighted by atomic mass is 9.93. The summed E-state index contributed by atoms with van der Waals surface area (Å²) in [4.78, 5) is 49.6. The van der Waals surface area contributed by atoms with Crippen LogP contribution in [0.15, 0.2) is 41.1 Å². The van der Waals surface area contributed by atoms with E-state index >= 15 is 0 Å². The topological polar surface area (TPSA) is 102 Å². The van der Waals surface area contributed by atoms with Gasteiger partial charge < -0.3 is 14.8 Å². The maximum atomic E-state index is 14.5. The number of carbonyl (C=O) groups excluding carboxylic acids is 4. The number of amides is 2. The Hall–Kier alpha value is -3.49. The number of benzene rings is 1. The van der Waals surface area contributed by atoms with E-state index in [0.29, 0.717) is 24.0 Å². The average molecular weight is 402 g/mol. The maximum absolute atomic E-state index is 14.5. The van der Waals surface area contributed by atoms with Crippen molar-refractivity contribution in [3.05, 3.63) is 46.9 Å². The van der Waals surface area contributed by atoms with Crippen LogP contribution in [0.5, 0.6) is 0 Å². The van der Waals surface area contributed by atoms with Crippen molar-refractivity contribution in [1.82, 2.24) is 0 Å². The lowest BCUT2D eigenvalue weighted by Crippen LogP contribution is -2.32. The van der Waals surface area contributed by atoms with Crippen molar-refractivity contribution in [1.29, 1.82) is 0 Å². The largest absolute Gasteiger partial charge is 0.466 e. The highest BCUT2D eigenvalue weighted by molar-refractivity contribution is 6.33. The van der Waals surface area contributed by atoms with Crippen molar-refractivity contribution in [3.63, 3.8) is 0 Å². The van der Waals surface area contributed by atoms with Crippen LogP contribution in [0.1, 0.15) is 25.7 Å². The van der Waals surface area contributed by atoms with E-state index in [4.69, 9.17) is 0 Å². The van der Waals surface area contributed by atoms with E-state index in [1.807, 2.05) is 0 Å². The van der Waals surface area contributed by atoms with Crippen LogP contribution in [-0.4, -0.2) is 38.0 Å². The Morgan fingerprint density at radius 2 is 1.69 bits per heavy atom. The molecule has 1 heterocycles. The number of halogens is 1. The molecule has 1 aromatic rings. The molecule has 0 atom stereocenters. The van der Waals surface area contributed by atoms with E-state index < -0.39 is 29.6 Å². The van der Waals surface area contributed by atoms with E-state index in [1.54, 1.807) is 0 Å². The summed E-state index contributed by atoms with van der Waals surface area (Å²) in [7, 11) is 2.27. The first kappa shape index (κ1) is 20.2. The highest BCUT2D eigenvalue weighted by Crippen LogP contribution is 2.37. The number of carbonyl (C=O) groups is 4. The van der Waals surface area contributed by atoms with Gasteiger partial charge in [-0.3, -0.25) is 9.59 Å². The second-order valence-electron chi connectivity index (χ2n) is 6.47. The number of nitrogens with zero attached hydrogens (tertiary/aromatic N) is 1. The van der Waals surface area contributed by atoms with Crippen molar-refractivity contribution in [3.8, 4) is 0 Å². The summed E-state index contributed by atoms with van der Waals surface area (Å²) in [6, 6.07) is 3.57. The molecule has 1 aliphatic heterocycles. The summed E-state index contributed by atoms with van der Waals surface area (Å²) in [6.45, 7) is 0. The minimum Gasteiger partial charge on any atom is -0.466 e. The number of nitrogens with one attached hydrogen (secondary N) is 1. The molecule has 1 aliphatic carbocycles. The van der Waals surface area contributed by atoms with Gasteiger partial charge >= 0.3 is 11.9 Å². The van der Waals surface area contributed by atoms with Crippen LogP contribution in [-0.2, 0) is 28.7 Å². The summed E-state index contributed by atoms with van der Waals surface area (Å²) in [6.07, 6.45) is 3.46. The Labute approximate surface area is 165 Å². The Morgan fingerprint density at radius 1 is 1.07 bits per heavy atom. The second kappa shape index (κ2) is 8.26. The molecule has 1 N–H and O–H groups in total. The van der Waals surface area contributed by atoms with E-state index in [2.05, 4.69) is 14.8 Å². The fourth-order valence-electron chi connectivity index (χ4n) is 3.31. The minimum absolute atomic E-state index is 0.174. The van der Waals surface area contributed by atoms with Crippen LogP contribution in [0.25, 0.3) is 0 Å². The molecule has 0 radical (unpaired) electrons. The van der Waals surface area contributed by atoms with E-state index in [-0.39, 0.29) is 17.1 Å². The number of methoxy groups -OCH3 is 2. The highest BCUT2D eigenvalue weighted by Gasteiger charge is 2.40. The van der Waals surface area contributed by atoms with Gasteiger partial charge in [0.25, 0.3) is 11.8 Å². The Balaban J connectivity index is 1.94. The van der Waals surface area contributed by atoms with Gasteiger partial charge in [0, 0.05) is 16.8 Å². The summed E-state index contributed by atoms with van der Waals surface area (Å²) < 4.78 is 23.6. The lowest BCUT2D eigenvalue weighted by Gasteiger charge is -2.18. The van der Waals surface area contributed by atoms with Gasteiger partial charge in [-0.05, 0) is 43.9 Å². The fourth-order valence-corrected chi connectivity index (χ4v) is 3.31. The van der Waals surface area contributed by atoms with Crippen molar-refractivity contribution < 1.29 is 33.0 Å². The third-order valence-corrected chi connectivity index (χ3v) is 4.73. The Bertz CT molecular complexity index is 938. The smallest absolute Gasteiger partial charge is 0.354 e. The van der Waals surface area contributed by atoms with E-state index in [9.17, 15) is 23.6 Å². The van der Waals surface area contributed by atoms with Gasteiger partial charge in [-0.2, -0.15) is 0 Å². The fraction of sp³-hybridized carbons (Fsp3) is 0.300. The molecular formula is C20H19FN2O6. The van der Waals surface area contributed by atoms with E-state index in [1.165, 1.54) is 12.1 Å². The number of hydrogen-bond donors (Lipinski definition) is 1. The average Bonchev–Trinajstić information content (AvgIpc) is 2.98. The molecule has 2 aliphatic rings. The predicted octanol–water partition coefficient (Wildman–Crippen LogP) is 2.21. The SMILES string of the molecule is COC(=O)/C=C(/Nc1ccc(F)c(N2C(=O)C3=C(CCCC3)C2=O)c1)C(=O)OC. The molecule has 29 heavy (non-hydrogen) atoms. The second-order valence-corrected chi connectivity index (χ2v) is 6.47. The summed E-state index contributed by atoms with van der Waals surface area (Å²) >= 11 is 0. The van der Waals surface area contributed by atoms with Crippen LogP contribution in [0.2, 0.25) is 0 Å². The zero-order valence-corrected chi connectivity index (χ0v) is 15.9. The molecule has 0 spiro atoms. The monoisotopic (exact) mass is 402 g/mol. The van der Waals surface area contributed by atoms with Crippen LogP contribution >= 0.6 is 0 Å². The number of hydrogen-bond acceptors (Lipinski definition) is 7. The first-order valence-corrected chi connectivity index (χ1v) is 8.92. The van der Waals surface area contributed by atoms with Crippen LogP contribution in [0.3, 0.4) is 0 Å². The van der Waals surface area contributed by atoms with Crippen LogP contribution in [0, 0.1) is 5.82 Å². The molecule has 152 valence electrons. The Morgan fingerprint density at radius 3 is 2.24 bits per heavy atom. The number of ether oxygens (including phenoxy) is 2. The summed E-state index contributed by atoms with van der Waals surface area (Å²) in [5.41, 5.74) is 0.544. The zero-order valence-electron chi connectivity index (χ0n) is 15.9. The summed E-state index contributed by atoms with van der Waals surface area (Å²) in [5.74, 6) is -3.49. The molecule has 0 aromatic heterocycles. The molecule has 3 rings (SSSR count). The molecule has 0 fully saturated rings. The molecule has 0 unspecified atom stereocenters. The van der Waals surface area contributed by atoms with Crippen LogP contribution in [0.4, 0.5) is 15.8 Å². The number of rotatable bonds is 5. The van der Waals surface area contributed by atoms with Crippen molar-refractivity contribution in [2.24, 2.45) is 0 Å². The number of anilines is 2. The minimum atomic E-state index is -0.855. The molecule has 2 amide bonds. The van der Waals surface area contributed by atoms with Gasteiger partial charge in [0.05, 0.1) is 26.0 Å². The van der Waals surface area contributed by atoms with Gasteiger partial charge in [-0.15, -0.1) is 0 Å². The lowest BCUT2D eigenvalue weighted by molar-refractivity contribution is -0.138. The third-order valence-electron chi connectivity index (χ3n) is 4.73. The van der Waals surface area contributed by atoms with Crippen molar-refractivity contribution >= 4 is 35.1 Å². The van der Waals surface area contributed by atoms with Crippen molar-refractivity contribution in [2.75, 3.05) is 24.4 Å². The van der Waals surface area contributed by atoms with Crippen molar-refractivity contribution in [2.45, 2.75) is 25.7 Å². The molecule has 1 aromatic carbocycles. The predicted molar refractivity (Wildman–Crippen MR) is 100 cm³/mol. The molecule has 0 saturated heterocycles. The van der Waals surface area contributed by atoms with Gasteiger partial charge in [0.1, 0.15) is 11.5 Å². The highest BCUT2D eigenvalue weighted by atomic mass is 19.1. The zero-order chi connectivity index (χ0) is 21.1. The first-order valence-electron chi connectivity index (χ1n) is 8.92. The van der Waals surface area contributed by atoms with Gasteiger partial charge in [0.15, 0.2) is 0 Å². The molecular weight excluding hydrogens is 383 g/mol. The van der Waals surface area contributed by atoms with E-state index in [0.717, 1.165) is 44.1 Å². The Kier molecular flexibility index (Phi) is 5.76. The van der Waals surface area contributed by atoms with Gasteiger partial charge in [0.2, 0.25) is 0 Å². The van der Waals surface area contributed by atoms with Crippen LogP contribution < -0.4 is 10.2 Å². The quantitative estimate of drug-likeness (QED) is 0.458. The molecule has 8 nitrogen and oxygen atoms in total. The van der Waals surface area contributed by atoms with Gasteiger partial charge in [-0.25, -0.2) is 18.9 Å². The maximum Gasteiger partial charge on any atom is 0.354 e. The summed E-state index contributed by atoms with van der Waals surface area (Å²) in [5, 5.41) is 2.63. The number of esters is 2. The normalized spacial score (nSPS) is 16.7. The standard InChI is InChI=1S/C20H19FN2O6/c1-28-17(24)10-15(20(27)29-2)22-11-7-8-14(21)16(9-11)23-18(25)12-5-3-4-6-13(12)19(23)26/h7-10,22H,3-6H2,1-2H3/b15-10+. The number of imide groups is 1. The molecule has 9 heteroatoms. The molecule has 0 bridgehead atoms.